The topological polar surface area (TPSA) is 41.6 Å². The van der Waals surface area contributed by atoms with E-state index in [1.54, 1.807) is 7.05 Å². The van der Waals surface area contributed by atoms with Gasteiger partial charge in [-0.15, -0.1) is 0 Å². The van der Waals surface area contributed by atoms with Crippen LogP contribution in [-0.4, -0.2) is 49.2 Å². The number of nitrogens with one attached hydrogen (secondary N) is 1. The van der Waals surface area contributed by atoms with Crippen LogP contribution in [0.5, 0.6) is 0 Å². The second-order valence-corrected chi connectivity index (χ2v) is 4.50. The molecule has 1 N–H and O–H groups in total. The zero-order valence-electron chi connectivity index (χ0n) is 9.26. The number of alkyl halides is 2. The first-order valence-electron chi connectivity index (χ1n) is 5.43. The van der Waals surface area contributed by atoms with E-state index in [-0.39, 0.29) is 12.6 Å². The van der Waals surface area contributed by atoms with E-state index in [1.165, 1.54) is 4.90 Å². The van der Waals surface area contributed by atoms with Crippen LogP contribution in [0.1, 0.15) is 19.3 Å². The fourth-order valence-electron chi connectivity index (χ4n) is 2.33. The molecule has 0 spiro atoms. The van der Waals surface area contributed by atoms with Crippen molar-refractivity contribution in [1.29, 1.82) is 0 Å². The van der Waals surface area contributed by atoms with Crippen LogP contribution in [-0.2, 0) is 9.53 Å². The molecular weight excluding hydrogens is 218 g/mol. The highest BCUT2D eigenvalue weighted by Gasteiger charge is 2.61. The predicted molar refractivity (Wildman–Crippen MR) is 53.1 cm³/mol. The summed E-state index contributed by atoms with van der Waals surface area (Å²) in [6, 6.07) is 0. The number of rotatable bonds is 2. The summed E-state index contributed by atoms with van der Waals surface area (Å²) in [4.78, 5) is 13.6. The van der Waals surface area contributed by atoms with Crippen molar-refractivity contribution in [2.45, 2.75) is 30.7 Å². The molecule has 1 saturated carbocycles. The molecule has 0 aromatic heterocycles. The summed E-state index contributed by atoms with van der Waals surface area (Å²) in [7, 11) is 1.55. The Bertz CT molecular complexity index is 283. The average molecular weight is 234 g/mol. The maximum atomic E-state index is 12.9. The summed E-state index contributed by atoms with van der Waals surface area (Å²) in [5.74, 6) is -2.98. The standard InChI is InChI=1S/C10H16F2N2O2/c1-13-9(5-10(11,12)6-9)8(15)14-3-2-4-16-7-14/h13H,2-7H2,1H3. The van der Waals surface area contributed by atoms with Crippen molar-refractivity contribution in [3.05, 3.63) is 0 Å². The molecular formula is C10H16F2N2O2. The number of carbonyl (C=O) groups is 1. The summed E-state index contributed by atoms with van der Waals surface area (Å²) in [6.45, 7) is 1.44. The molecule has 1 amide bonds. The van der Waals surface area contributed by atoms with Crippen molar-refractivity contribution in [3.63, 3.8) is 0 Å². The Hall–Kier alpha value is -0.750. The smallest absolute Gasteiger partial charge is 0.252 e. The van der Waals surface area contributed by atoms with Crippen LogP contribution in [0.15, 0.2) is 0 Å². The minimum absolute atomic E-state index is 0.216. The highest BCUT2D eigenvalue weighted by atomic mass is 19.3. The van der Waals surface area contributed by atoms with Gasteiger partial charge >= 0.3 is 0 Å². The average Bonchev–Trinajstić information content (AvgIpc) is 2.25. The van der Waals surface area contributed by atoms with Gasteiger partial charge < -0.3 is 15.0 Å². The summed E-state index contributed by atoms with van der Waals surface area (Å²) >= 11 is 0. The zero-order chi connectivity index (χ0) is 11.8. The van der Waals surface area contributed by atoms with Crippen LogP contribution < -0.4 is 5.32 Å². The maximum absolute atomic E-state index is 12.9. The predicted octanol–water partition coefficient (Wildman–Crippen LogP) is 0.580. The van der Waals surface area contributed by atoms with Crippen LogP contribution in [0.4, 0.5) is 8.78 Å². The molecule has 1 aliphatic carbocycles. The van der Waals surface area contributed by atoms with Gasteiger partial charge in [0.1, 0.15) is 12.3 Å². The summed E-state index contributed by atoms with van der Waals surface area (Å²) in [5, 5.41) is 2.74. The zero-order valence-corrected chi connectivity index (χ0v) is 9.26. The van der Waals surface area contributed by atoms with Crippen molar-refractivity contribution in [3.8, 4) is 0 Å². The Morgan fingerprint density at radius 2 is 2.12 bits per heavy atom. The van der Waals surface area contributed by atoms with Gasteiger partial charge in [0.2, 0.25) is 5.91 Å². The van der Waals surface area contributed by atoms with Crippen molar-refractivity contribution in [2.75, 3.05) is 26.9 Å². The molecule has 6 heteroatoms. The third-order valence-electron chi connectivity index (χ3n) is 3.26. The Balaban J connectivity index is 2.02. The first kappa shape index (κ1) is 11.7. The molecule has 2 fully saturated rings. The molecule has 1 aliphatic heterocycles. The molecule has 92 valence electrons. The lowest BCUT2D eigenvalue weighted by Crippen LogP contribution is -2.68. The number of hydrogen-bond donors (Lipinski definition) is 1. The highest BCUT2D eigenvalue weighted by Crippen LogP contribution is 2.46. The number of ether oxygens (including phenoxy) is 1. The van der Waals surface area contributed by atoms with Gasteiger partial charge in [0.05, 0.1) is 6.61 Å². The molecule has 0 unspecified atom stereocenters. The normalized spacial score (nSPS) is 27.3. The minimum atomic E-state index is -2.71. The molecule has 0 radical (unpaired) electrons. The van der Waals surface area contributed by atoms with Gasteiger partial charge in [0.15, 0.2) is 0 Å². The Morgan fingerprint density at radius 3 is 2.56 bits per heavy atom. The van der Waals surface area contributed by atoms with Crippen LogP contribution in [0, 0.1) is 0 Å². The molecule has 0 aromatic carbocycles. The van der Waals surface area contributed by atoms with Gasteiger partial charge in [-0.3, -0.25) is 4.79 Å². The molecule has 1 saturated heterocycles. The van der Waals surface area contributed by atoms with Crippen molar-refractivity contribution >= 4 is 5.91 Å². The van der Waals surface area contributed by atoms with Gasteiger partial charge in [-0.1, -0.05) is 0 Å². The van der Waals surface area contributed by atoms with Gasteiger partial charge in [-0.05, 0) is 13.5 Å². The molecule has 0 bridgehead atoms. The summed E-state index contributed by atoms with van der Waals surface area (Å²) in [6.07, 6.45) is -0.0560. The van der Waals surface area contributed by atoms with Crippen LogP contribution in [0.3, 0.4) is 0 Å². The Kier molecular flexibility index (Phi) is 2.88. The van der Waals surface area contributed by atoms with E-state index in [1.807, 2.05) is 0 Å². The van der Waals surface area contributed by atoms with Crippen LogP contribution >= 0.6 is 0 Å². The fraction of sp³-hybridized carbons (Fsp3) is 0.900. The van der Waals surface area contributed by atoms with E-state index in [2.05, 4.69) is 5.32 Å². The first-order valence-corrected chi connectivity index (χ1v) is 5.43. The second-order valence-electron chi connectivity index (χ2n) is 4.50. The third-order valence-corrected chi connectivity index (χ3v) is 3.26. The molecule has 1 heterocycles. The van der Waals surface area contributed by atoms with E-state index < -0.39 is 24.3 Å². The largest absolute Gasteiger partial charge is 0.361 e. The number of likely N-dealkylation sites (N-methyl/N-ethyl adjacent to an activating group) is 1. The van der Waals surface area contributed by atoms with Gasteiger partial charge in [-0.2, -0.15) is 0 Å². The highest BCUT2D eigenvalue weighted by molar-refractivity contribution is 5.88. The van der Waals surface area contributed by atoms with Crippen molar-refractivity contribution < 1.29 is 18.3 Å². The fourth-order valence-corrected chi connectivity index (χ4v) is 2.33. The van der Waals surface area contributed by atoms with Gasteiger partial charge in [0, 0.05) is 19.4 Å². The lowest BCUT2D eigenvalue weighted by atomic mass is 9.72. The van der Waals surface area contributed by atoms with E-state index >= 15 is 0 Å². The van der Waals surface area contributed by atoms with E-state index in [0.717, 1.165) is 6.42 Å². The first-order chi connectivity index (χ1) is 7.49. The Morgan fingerprint density at radius 1 is 1.44 bits per heavy atom. The quantitative estimate of drug-likeness (QED) is 0.760. The lowest BCUT2D eigenvalue weighted by molar-refractivity contribution is -0.177. The number of halogens is 2. The van der Waals surface area contributed by atoms with Crippen LogP contribution in [0.2, 0.25) is 0 Å². The van der Waals surface area contributed by atoms with Gasteiger partial charge in [0.25, 0.3) is 5.92 Å². The van der Waals surface area contributed by atoms with E-state index in [0.29, 0.717) is 13.2 Å². The summed E-state index contributed by atoms with van der Waals surface area (Å²) in [5.41, 5.74) is -1.08. The third kappa shape index (κ3) is 1.91. The number of carbonyl (C=O) groups excluding carboxylic acids is 1. The van der Waals surface area contributed by atoms with Gasteiger partial charge in [-0.25, -0.2) is 8.78 Å². The van der Waals surface area contributed by atoms with E-state index in [9.17, 15) is 13.6 Å². The van der Waals surface area contributed by atoms with Crippen molar-refractivity contribution in [2.24, 2.45) is 0 Å². The monoisotopic (exact) mass is 234 g/mol. The van der Waals surface area contributed by atoms with Crippen molar-refractivity contribution in [1.82, 2.24) is 10.2 Å². The lowest BCUT2D eigenvalue weighted by Gasteiger charge is -2.48. The number of amides is 1. The van der Waals surface area contributed by atoms with E-state index in [4.69, 9.17) is 4.74 Å². The Labute approximate surface area is 92.9 Å². The second kappa shape index (κ2) is 3.92. The molecule has 2 rings (SSSR count). The molecule has 16 heavy (non-hydrogen) atoms. The summed E-state index contributed by atoms with van der Waals surface area (Å²) < 4.78 is 31.0. The molecule has 0 atom stereocenters. The maximum Gasteiger partial charge on any atom is 0.252 e. The minimum Gasteiger partial charge on any atom is -0.361 e. The SMILES string of the molecule is CNC1(C(=O)N2CCCOC2)CC(F)(F)C1. The van der Waals surface area contributed by atoms with Crippen LogP contribution in [0.25, 0.3) is 0 Å². The molecule has 2 aliphatic rings. The number of nitrogens with zero attached hydrogens (tertiary/aromatic N) is 1. The molecule has 4 nitrogen and oxygen atoms in total. The molecule has 0 aromatic rings. The number of hydrogen-bond acceptors (Lipinski definition) is 3.